The van der Waals surface area contributed by atoms with Gasteiger partial charge >= 0.3 is 0 Å². The number of nitrogens with one attached hydrogen (secondary N) is 1. The van der Waals surface area contributed by atoms with Crippen LogP contribution in [-0.4, -0.2) is 29.0 Å². The molecule has 1 aromatic heterocycles. The lowest BCUT2D eigenvalue weighted by Crippen LogP contribution is -2.30. The first kappa shape index (κ1) is 13.6. The average molecular weight is 251 g/mol. The fourth-order valence-electron chi connectivity index (χ4n) is 2.48. The third-order valence-electron chi connectivity index (χ3n) is 3.44. The lowest BCUT2D eigenvalue weighted by molar-refractivity contribution is 0.0900. The smallest absolute Gasteiger partial charge is 0.0896 e. The Hall–Kier alpha value is -0.870. The van der Waals surface area contributed by atoms with Gasteiger partial charge in [-0.15, -0.1) is 0 Å². The number of rotatable bonds is 6. The van der Waals surface area contributed by atoms with Gasteiger partial charge in [-0.1, -0.05) is 20.8 Å². The Kier molecular flexibility index (Phi) is 4.78. The molecule has 0 radical (unpaired) electrons. The Morgan fingerprint density at radius 2 is 2.39 bits per heavy atom. The van der Waals surface area contributed by atoms with Gasteiger partial charge in [0.2, 0.25) is 0 Å². The van der Waals surface area contributed by atoms with E-state index in [2.05, 4.69) is 37.4 Å². The van der Waals surface area contributed by atoms with Gasteiger partial charge in [-0.25, -0.2) is 0 Å². The average Bonchev–Trinajstić information content (AvgIpc) is 2.94. The highest BCUT2D eigenvalue weighted by atomic mass is 16.5. The van der Waals surface area contributed by atoms with Crippen LogP contribution in [0.3, 0.4) is 0 Å². The predicted octanol–water partition coefficient (Wildman–Crippen LogP) is 2.37. The first-order chi connectivity index (χ1) is 8.70. The molecule has 1 fully saturated rings. The third-order valence-corrected chi connectivity index (χ3v) is 3.44. The normalized spacial score (nSPS) is 24.0. The number of hydrogen-bond acceptors (Lipinski definition) is 3. The fraction of sp³-hybridized carbons (Fsp3) is 0.786. The van der Waals surface area contributed by atoms with Gasteiger partial charge in [-0.2, -0.15) is 5.10 Å². The van der Waals surface area contributed by atoms with Crippen LogP contribution in [0.25, 0.3) is 0 Å². The van der Waals surface area contributed by atoms with Gasteiger partial charge in [0, 0.05) is 43.4 Å². The van der Waals surface area contributed by atoms with Gasteiger partial charge in [0.1, 0.15) is 0 Å². The van der Waals surface area contributed by atoms with E-state index in [-0.39, 0.29) is 6.10 Å². The monoisotopic (exact) mass is 251 g/mol. The van der Waals surface area contributed by atoms with Gasteiger partial charge in [0.15, 0.2) is 0 Å². The van der Waals surface area contributed by atoms with Crippen LogP contribution in [0.2, 0.25) is 0 Å². The maximum absolute atomic E-state index is 5.88. The van der Waals surface area contributed by atoms with Crippen LogP contribution in [0, 0.1) is 5.92 Å². The minimum absolute atomic E-state index is 0.224. The summed E-state index contributed by atoms with van der Waals surface area (Å²) >= 11 is 0. The van der Waals surface area contributed by atoms with Gasteiger partial charge in [0.05, 0.1) is 12.3 Å². The number of aromatic nitrogens is 2. The number of nitrogens with zero attached hydrogens (tertiary/aromatic N) is 2. The summed E-state index contributed by atoms with van der Waals surface area (Å²) in [5.74, 6) is 0.576. The minimum Gasteiger partial charge on any atom is -0.373 e. The van der Waals surface area contributed by atoms with Crippen LogP contribution in [0.1, 0.15) is 45.3 Å². The maximum Gasteiger partial charge on any atom is 0.0896 e. The van der Waals surface area contributed by atoms with Crippen LogP contribution in [0.4, 0.5) is 0 Å². The number of hydrogen-bond donors (Lipinski definition) is 1. The van der Waals surface area contributed by atoms with E-state index < -0.39 is 0 Å². The second-order valence-electron chi connectivity index (χ2n) is 5.44. The summed E-state index contributed by atoms with van der Waals surface area (Å²) in [6.45, 7) is 9.42. The quantitative estimate of drug-likeness (QED) is 0.843. The maximum atomic E-state index is 5.88. The molecule has 0 amide bonds. The summed E-state index contributed by atoms with van der Waals surface area (Å²) in [6.07, 6.45) is 6.59. The van der Waals surface area contributed by atoms with Gasteiger partial charge < -0.3 is 10.1 Å². The molecule has 0 spiro atoms. The Labute approximate surface area is 110 Å². The molecule has 2 unspecified atom stereocenters. The molecule has 1 aromatic rings. The topological polar surface area (TPSA) is 39.1 Å². The molecule has 1 N–H and O–H groups in total. The standard InChI is InChI=1S/C14H25N3O/c1-4-6-17-10-13(9-16-17)14-12(5-7-18-14)8-15-11(2)3/h9-12,14-15H,4-8H2,1-3H3. The van der Waals surface area contributed by atoms with Crippen molar-refractivity contribution in [2.24, 2.45) is 5.92 Å². The molecule has 1 saturated heterocycles. The summed E-state index contributed by atoms with van der Waals surface area (Å²) in [4.78, 5) is 0. The molecule has 0 saturated carbocycles. The lowest BCUT2D eigenvalue weighted by Gasteiger charge is -2.19. The first-order valence-electron chi connectivity index (χ1n) is 7.08. The summed E-state index contributed by atoms with van der Waals surface area (Å²) in [5.41, 5.74) is 1.23. The van der Waals surface area contributed by atoms with Crippen molar-refractivity contribution in [1.29, 1.82) is 0 Å². The van der Waals surface area contributed by atoms with E-state index in [0.717, 1.165) is 32.5 Å². The van der Waals surface area contributed by atoms with Crippen LogP contribution < -0.4 is 5.32 Å². The van der Waals surface area contributed by atoms with Gasteiger partial charge in [-0.05, 0) is 12.8 Å². The summed E-state index contributed by atoms with van der Waals surface area (Å²) < 4.78 is 7.90. The summed E-state index contributed by atoms with van der Waals surface area (Å²) in [5, 5.41) is 7.91. The number of aryl methyl sites for hydroxylation is 1. The molecule has 102 valence electrons. The highest BCUT2D eigenvalue weighted by Crippen LogP contribution is 2.33. The Balaban J connectivity index is 1.96. The zero-order chi connectivity index (χ0) is 13.0. The van der Waals surface area contributed by atoms with Crippen molar-refractivity contribution in [3.63, 3.8) is 0 Å². The van der Waals surface area contributed by atoms with E-state index >= 15 is 0 Å². The van der Waals surface area contributed by atoms with Crippen LogP contribution >= 0.6 is 0 Å². The molecule has 18 heavy (non-hydrogen) atoms. The van der Waals surface area contributed by atoms with Crippen molar-refractivity contribution >= 4 is 0 Å². The van der Waals surface area contributed by atoms with E-state index in [1.54, 1.807) is 0 Å². The Morgan fingerprint density at radius 3 is 3.11 bits per heavy atom. The third kappa shape index (κ3) is 3.33. The molecule has 2 heterocycles. The Morgan fingerprint density at radius 1 is 1.56 bits per heavy atom. The van der Waals surface area contributed by atoms with Gasteiger partial charge in [0.25, 0.3) is 0 Å². The minimum atomic E-state index is 0.224. The predicted molar refractivity (Wildman–Crippen MR) is 72.5 cm³/mol. The van der Waals surface area contributed by atoms with Crippen molar-refractivity contribution in [2.45, 2.75) is 52.3 Å². The van der Waals surface area contributed by atoms with Crippen molar-refractivity contribution in [1.82, 2.24) is 15.1 Å². The summed E-state index contributed by atoms with van der Waals surface area (Å²) in [7, 11) is 0. The first-order valence-corrected chi connectivity index (χ1v) is 7.08. The van der Waals surface area contributed by atoms with Crippen molar-refractivity contribution in [3.05, 3.63) is 18.0 Å². The molecule has 0 bridgehead atoms. The largest absolute Gasteiger partial charge is 0.373 e. The molecule has 4 nitrogen and oxygen atoms in total. The molecular formula is C14H25N3O. The molecular weight excluding hydrogens is 226 g/mol. The van der Waals surface area contributed by atoms with E-state index in [9.17, 15) is 0 Å². The fourth-order valence-corrected chi connectivity index (χ4v) is 2.48. The zero-order valence-corrected chi connectivity index (χ0v) is 11.7. The molecule has 2 rings (SSSR count). The molecule has 0 aliphatic carbocycles. The second kappa shape index (κ2) is 6.34. The molecule has 4 heteroatoms. The van der Waals surface area contributed by atoms with Gasteiger partial charge in [-0.3, -0.25) is 4.68 Å². The van der Waals surface area contributed by atoms with Crippen molar-refractivity contribution in [2.75, 3.05) is 13.2 Å². The second-order valence-corrected chi connectivity index (χ2v) is 5.44. The van der Waals surface area contributed by atoms with Crippen LogP contribution in [-0.2, 0) is 11.3 Å². The lowest BCUT2D eigenvalue weighted by atomic mass is 9.97. The summed E-state index contributed by atoms with van der Waals surface area (Å²) in [6, 6.07) is 0.536. The number of ether oxygens (including phenoxy) is 1. The molecule has 1 aliphatic heterocycles. The van der Waals surface area contributed by atoms with Crippen molar-refractivity contribution < 1.29 is 4.74 Å². The van der Waals surface area contributed by atoms with Crippen molar-refractivity contribution in [3.8, 4) is 0 Å². The van der Waals surface area contributed by atoms with E-state index in [4.69, 9.17) is 4.74 Å². The van der Waals surface area contributed by atoms with E-state index in [1.165, 1.54) is 5.56 Å². The molecule has 0 aromatic carbocycles. The zero-order valence-electron chi connectivity index (χ0n) is 11.7. The Bertz CT molecular complexity index is 362. The van der Waals surface area contributed by atoms with Crippen LogP contribution in [0.15, 0.2) is 12.4 Å². The highest BCUT2D eigenvalue weighted by molar-refractivity contribution is 5.11. The van der Waals surface area contributed by atoms with Crippen LogP contribution in [0.5, 0.6) is 0 Å². The molecule has 1 aliphatic rings. The highest BCUT2D eigenvalue weighted by Gasteiger charge is 2.30. The molecule has 2 atom stereocenters. The van der Waals surface area contributed by atoms with E-state index in [0.29, 0.717) is 12.0 Å². The van der Waals surface area contributed by atoms with E-state index in [1.807, 2.05) is 10.9 Å². The SMILES string of the molecule is CCCn1cc(C2OCCC2CNC(C)C)cn1.